The molecule has 1 fully saturated rings. The monoisotopic (exact) mass is 223 g/mol. The lowest BCUT2D eigenvalue weighted by Crippen LogP contribution is -2.38. The second-order valence-corrected chi connectivity index (χ2v) is 6.31. The molecule has 0 aromatic heterocycles. The van der Waals surface area contributed by atoms with Gasteiger partial charge in [0, 0.05) is 5.71 Å². The number of aliphatic imine (C=N–C) groups is 1. The molecule has 1 nitrogen and oxygen atoms in total. The highest BCUT2D eigenvalue weighted by molar-refractivity contribution is 5.79. The van der Waals surface area contributed by atoms with E-state index in [4.69, 9.17) is 4.99 Å². The average molecular weight is 223 g/mol. The number of hydrogen-bond donors (Lipinski definition) is 0. The second kappa shape index (κ2) is 5.84. The van der Waals surface area contributed by atoms with Crippen LogP contribution in [0.1, 0.15) is 60.8 Å². The lowest BCUT2D eigenvalue weighted by atomic mass is 9.69. The van der Waals surface area contributed by atoms with Gasteiger partial charge in [-0.2, -0.15) is 0 Å². The molecule has 0 N–H and O–H groups in total. The maximum Gasteiger partial charge on any atom is 0.0559 e. The van der Waals surface area contributed by atoms with Crippen molar-refractivity contribution >= 4 is 5.71 Å². The van der Waals surface area contributed by atoms with Crippen LogP contribution in [0.4, 0.5) is 0 Å². The fraction of sp³-hybridized carbons (Fsp3) is 0.933. The van der Waals surface area contributed by atoms with Crippen LogP contribution in [0.25, 0.3) is 0 Å². The number of hydrogen-bond acceptors (Lipinski definition) is 1. The van der Waals surface area contributed by atoms with E-state index in [0.29, 0.717) is 6.04 Å². The number of nitrogens with zero attached hydrogens (tertiary/aromatic N) is 1. The van der Waals surface area contributed by atoms with Crippen LogP contribution < -0.4 is 0 Å². The van der Waals surface area contributed by atoms with Crippen LogP contribution in [-0.4, -0.2) is 11.8 Å². The Labute approximate surface area is 102 Å². The molecule has 16 heavy (non-hydrogen) atoms. The fourth-order valence-electron chi connectivity index (χ4n) is 3.19. The molecule has 0 amide bonds. The van der Waals surface area contributed by atoms with E-state index in [1.807, 2.05) is 0 Å². The quantitative estimate of drug-likeness (QED) is 0.622. The summed E-state index contributed by atoms with van der Waals surface area (Å²) in [6.07, 6.45) is 4.16. The van der Waals surface area contributed by atoms with Crippen molar-refractivity contribution in [3.63, 3.8) is 0 Å². The molecule has 0 radical (unpaired) electrons. The van der Waals surface area contributed by atoms with Crippen LogP contribution in [0.3, 0.4) is 0 Å². The van der Waals surface area contributed by atoms with Crippen LogP contribution in [0.2, 0.25) is 0 Å². The molecule has 1 heteroatoms. The van der Waals surface area contributed by atoms with Crippen molar-refractivity contribution in [1.82, 2.24) is 0 Å². The summed E-state index contributed by atoms with van der Waals surface area (Å²) in [6.45, 7) is 13.7. The lowest BCUT2D eigenvalue weighted by Gasteiger charge is -2.40. The van der Waals surface area contributed by atoms with Crippen LogP contribution in [0.5, 0.6) is 0 Å². The Balaban J connectivity index is 2.89. The summed E-state index contributed by atoms with van der Waals surface area (Å²) in [6, 6.07) is 0.582. The second-order valence-electron chi connectivity index (χ2n) is 6.31. The molecule has 0 bridgehead atoms. The minimum Gasteiger partial charge on any atom is -0.291 e. The van der Waals surface area contributed by atoms with Crippen LogP contribution in [0.15, 0.2) is 4.99 Å². The first-order valence-electron chi connectivity index (χ1n) is 6.94. The summed E-state index contributed by atoms with van der Waals surface area (Å²) in [4.78, 5) is 4.96. The normalized spacial score (nSPS) is 30.9. The Morgan fingerprint density at radius 3 is 1.69 bits per heavy atom. The zero-order chi connectivity index (χ0) is 12.3. The minimum atomic E-state index is 0.582. The van der Waals surface area contributed by atoms with Gasteiger partial charge in [-0.3, -0.25) is 4.99 Å². The van der Waals surface area contributed by atoms with Gasteiger partial charge in [-0.1, -0.05) is 34.1 Å². The summed E-state index contributed by atoms with van der Waals surface area (Å²) < 4.78 is 0. The minimum absolute atomic E-state index is 0.582. The summed E-state index contributed by atoms with van der Waals surface area (Å²) >= 11 is 0. The summed E-state index contributed by atoms with van der Waals surface area (Å²) in [7, 11) is 0. The smallest absolute Gasteiger partial charge is 0.0559 e. The predicted octanol–water partition coefficient (Wildman–Crippen LogP) is 4.56. The predicted molar refractivity (Wildman–Crippen MR) is 73.1 cm³/mol. The van der Waals surface area contributed by atoms with E-state index in [0.717, 1.165) is 23.7 Å². The van der Waals surface area contributed by atoms with Gasteiger partial charge in [-0.15, -0.1) is 0 Å². The Morgan fingerprint density at radius 2 is 1.38 bits per heavy atom. The van der Waals surface area contributed by atoms with Gasteiger partial charge in [0.05, 0.1) is 6.04 Å². The van der Waals surface area contributed by atoms with Gasteiger partial charge < -0.3 is 0 Å². The molecule has 1 aliphatic rings. The van der Waals surface area contributed by atoms with Crippen molar-refractivity contribution in [3.05, 3.63) is 0 Å². The van der Waals surface area contributed by atoms with Gasteiger partial charge >= 0.3 is 0 Å². The third-order valence-electron chi connectivity index (χ3n) is 4.07. The molecule has 0 aliphatic heterocycles. The molecule has 1 aliphatic carbocycles. The molecule has 0 spiro atoms. The number of rotatable bonds is 3. The SMILES string of the molecule is CC(C)=NC1C(C(C)C)CCCC1C(C)C. The molecule has 0 heterocycles. The van der Waals surface area contributed by atoms with Gasteiger partial charge in [-0.05, 0) is 50.4 Å². The molecule has 0 aromatic carbocycles. The van der Waals surface area contributed by atoms with Crippen molar-refractivity contribution in [2.75, 3.05) is 0 Å². The molecule has 2 atom stereocenters. The molecular formula is C15H29N. The van der Waals surface area contributed by atoms with Gasteiger partial charge in [-0.25, -0.2) is 0 Å². The Kier molecular flexibility index (Phi) is 5.01. The first-order valence-corrected chi connectivity index (χ1v) is 6.94. The van der Waals surface area contributed by atoms with E-state index in [1.54, 1.807) is 0 Å². The van der Waals surface area contributed by atoms with E-state index in [2.05, 4.69) is 41.5 Å². The van der Waals surface area contributed by atoms with Gasteiger partial charge in [0.2, 0.25) is 0 Å². The van der Waals surface area contributed by atoms with E-state index in [-0.39, 0.29) is 0 Å². The van der Waals surface area contributed by atoms with Crippen molar-refractivity contribution < 1.29 is 0 Å². The fourth-order valence-corrected chi connectivity index (χ4v) is 3.19. The first kappa shape index (κ1) is 13.7. The summed E-state index contributed by atoms with van der Waals surface area (Å²) in [5.74, 6) is 3.15. The zero-order valence-corrected chi connectivity index (χ0v) is 12.0. The van der Waals surface area contributed by atoms with Crippen molar-refractivity contribution in [2.24, 2.45) is 28.7 Å². The van der Waals surface area contributed by atoms with E-state index in [9.17, 15) is 0 Å². The molecular weight excluding hydrogens is 194 g/mol. The Hall–Kier alpha value is -0.330. The summed E-state index contributed by atoms with van der Waals surface area (Å²) in [5, 5.41) is 0. The summed E-state index contributed by atoms with van der Waals surface area (Å²) in [5.41, 5.74) is 1.25. The van der Waals surface area contributed by atoms with E-state index < -0.39 is 0 Å². The van der Waals surface area contributed by atoms with Crippen LogP contribution in [0, 0.1) is 23.7 Å². The van der Waals surface area contributed by atoms with Gasteiger partial charge in [0.15, 0.2) is 0 Å². The topological polar surface area (TPSA) is 12.4 Å². The third kappa shape index (κ3) is 3.33. The lowest BCUT2D eigenvalue weighted by molar-refractivity contribution is 0.142. The molecule has 94 valence electrons. The highest BCUT2D eigenvalue weighted by Gasteiger charge is 2.35. The van der Waals surface area contributed by atoms with Crippen molar-refractivity contribution in [1.29, 1.82) is 0 Å². The van der Waals surface area contributed by atoms with E-state index >= 15 is 0 Å². The van der Waals surface area contributed by atoms with Crippen LogP contribution in [-0.2, 0) is 0 Å². The molecule has 2 unspecified atom stereocenters. The zero-order valence-electron chi connectivity index (χ0n) is 12.0. The molecule has 0 aromatic rings. The first-order chi connectivity index (χ1) is 7.43. The average Bonchev–Trinajstić information content (AvgIpc) is 2.16. The Bertz CT molecular complexity index is 220. The third-order valence-corrected chi connectivity index (χ3v) is 4.07. The van der Waals surface area contributed by atoms with Gasteiger partial charge in [0.1, 0.15) is 0 Å². The van der Waals surface area contributed by atoms with Gasteiger partial charge in [0.25, 0.3) is 0 Å². The van der Waals surface area contributed by atoms with E-state index in [1.165, 1.54) is 25.0 Å². The Morgan fingerprint density at radius 1 is 0.938 bits per heavy atom. The molecule has 1 rings (SSSR count). The maximum absolute atomic E-state index is 4.96. The largest absolute Gasteiger partial charge is 0.291 e. The highest BCUT2D eigenvalue weighted by atomic mass is 14.8. The van der Waals surface area contributed by atoms with Crippen LogP contribution >= 0.6 is 0 Å². The molecule has 0 saturated heterocycles. The highest BCUT2D eigenvalue weighted by Crippen LogP contribution is 2.39. The standard InChI is InChI=1S/C15H29N/c1-10(2)13-8-7-9-14(11(3)4)15(13)16-12(5)6/h10-11,13-15H,7-9H2,1-6H3. The van der Waals surface area contributed by atoms with Crippen molar-refractivity contribution in [2.45, 2.75) is 66.8 Å². The molecule has 1 saturated carbocycles. The van der Waals surface area contributed by atoms with Crippen molar-refractivity contribution in [3.8, 4) is 0 Å². The maximum atomic E-state index is 4.96.